The number of anilines is 7. The lowest BCUT2D eigenvalue weighted by Crippen LogP contribution is -2.19. The number of nitrogen functional groups attached to an aromatic ring is 1. The Kier molecular flexibility index (Phi) is 21.0. The summed E-state index contributed by atoms with van der Waals surface area (Å²) in [5, 5.41) is 7.43. The third-order valence-corrected chi connectivity index (χ3v) is 19.3. The molecule has 0 unspecified atom stereocenters. The quantitative estimate of drug-likeness (QED) is 0.0907. The molecule has 0 fully saturated rings. The average Bonchev–Trinajstić information content (AvgIpc) is 1.76. The van der Waals surface area contributed by atoms with Gasteiger partial charge in [0, 0.05) is 71.5 Å². The molecule has 0 bridgehead atoms. The summed E-state index contributed by atoms with van der Waals surface area (Å²) < 4.78 is 13.8. The van der Waals surface area contributed by atoms with Crippen LogP contribution in [0, 0.1) is 0 Å². The highest BCUT2D eigenvalue weighted by Crippen LogP contribution is 2.45. The van der Waals surface area contributed by atoms with Crippen LogP contribution in [0.3, 0.4) is 0 Å². The molecule has 14 rings (SSSR count). The number of nitrogens with zero attached hydrogens (tertiary/aromatic N) is 6. The van der Waals surface area contributed by atoms with Crippen molar-refractivity contribution in [3.63, 3.8) is 0 Å². The molecular formula is C82H71Cl3N8O2S2. The number of rotatable bonds is 16. The van der Waals surface area contributed by atoms with E-state index < -0.39 is 0 Å². The van der Waals surface area contributed by atoms with Crippen LogP contribution in [0.1, 0.15) is 63.8 Å². The first-order valence-corrected chi connectivity index (χ1v) is 34.5. The maximum Gasteiger partial charge on any atom is 0.219 e. The van der Waals surface area contributed by atoms with E-state index in [4.69, 9.17) is 60.0 Å². The summed E-state index contributed by atoms with van der Waals surface area (Å²) in [7, 11) is 0. The van der Waals surface area contributed by atoms with Crippen LogP contribution < -0.4 is 30.3 Å². The standard InChI is InChI=1S/C41H35ClN4OS.C30H26Cl2N2S.C11H10N2O/c1-41(2,3)30-25-35(44-31-18-16-29(17-19-31)40-45-34-13-7-8-14-37(34)48-40)39(42)36(26-30)46(27-28-11-5-4-6-12-28)32-20-22-33(23-21-32)47-38-15-9-10-24-43-38;1-30(2,3)22-17-24(31)28(32)26(18-22)34(19-20-9-5-4-6-10-20)23-15-13-21(14-16-23)29-33-25-11-7-8-12-27(25)35-29;12-9-4-6-10(7-5-9)14-11-3-1-2-8-13-11/h4-26,44H,27H2,1-3H3;4-18H,19H2,1-3H3;1-8H,12H2. The van der Waals surface area contributed by atoms with Gasteiger partial charge in [0.05, 0.1) is 52.6 Å². The van der Waals surface area contributed by atoms with Gasteiger partial charge >= 0.3 is 0 Å². The number of thiazole rings is 2. The van der Waals surface area contributed by atoms with E-state index in [0.717, 1.165) is 83.3 Å². The number of pyridine rings is 2. The van der Waals surface area contributed by atoms with Crippen LogP contribution in [0.25, 0.3) is 41.6 Å². The fourth-order valence-electron chi connectivity index (χ4n) is 10.6. The van der Waals surface area contributed by atoms with E-state index in [1.165, 1.54) is 26.1 Å². The molecule has 0 saturated carbocycles. The minimum absolute atomic E-state index is 0.0574. The fraction of sp³-hybridized carbons (Fsp3) is 0.122. The summed E-state index contributed by atoms with van der Waals surface area (Å²) in [6.07, 6.45) is 3.41. The molecule has 0 saturated heterocycles. The molecule has 0 aliphatic carbocycles. The van der Waals surface area contributed by atoms with Gasteiger partial charge in [0.1, 0.15) is 21.5 Å². The Hall–Kier alpha value is -10.1. The van der Waals surface area contributed by atoms with Crippen LogP contribution >= 0.6 is 57.5 Å². The molecule has 10 aromatic carbocycles. The summed E-state index contributed by atoms with van der Waals surface area (Å²) in [6.45, 7) is 14.5. The van der Waals surface area contributed by atoms with Crippen molar-refractivity contribution in [3.8, 4) is 44.4 Å². The maximum absolute atomic E-state index is 7.36. The summed E-state index contributed by atoms with van der Waals surface area (Å²) in [5.74, 6) is 2.58. The van der Waals surface area contributed by atoms with Gasteiger partial charge in [-0.05, 0) is 191 Å². The molecular weight excluding hydrogens is 1300 g/mol. The van der Waals surface area contributed by atoms with Gasteiger partial charge < -0.3 is 30.3 Å². The van der Waals surface area contributed by atoms with E-state index in [1.54, 1.807) is 53.3 Å². The third kappa shape index (κ3) is 17.1. The Morgan fingerprint density at radius 3 is 1.30 bits per heavy atom. The number of hydrogen-bond acceptors (Lipinski definition) is 12. The Morgan fingerprint density at radius 2 is 0.845 bits per heavy atom. The summed E-state index contributed by atoms with van der Waals surface area (Å²) in [5.41, 5.74) is 20.7. The summed E-state index contributed by atoms with van der Waals surface area (Å²) in [4.78, 5) is 22.5. The fourth-order valence-corrected chi connectivity index (χ4v) is 13.2. The number of aromatic nitrogens is 4. The van der Waals surface area contributed by atoms with Crippen LogP contribution in [0.5, 0.6) is 23.3 Å². The Labute approximate surface area is 590 Å². The van der Waals surface area contributed by atoms with E-state index in [1.807, 2.05) is 84.9 Å². The molecule has 484 valence electrons. The second-order valence-electron chi connectivity index (χ2n) is 25.1. The second-order valence-corrected chi connectivity index (χ2v) is 28.3. The summed E-state index contributed by atoms with van der Waals surface area (Å²) >= 11 is 24.2. The normalized spacial score (nSPS) is 11.3. The first-order valence-electron chi connectivity index (χ1n) is 31.7. The molecule has 0 aliphatic heterocycles. The van der Waals surface area contributed by atoms with Crippen LogP contribution in [0.4, 0.5) is 39.8 Å². The number of ether oxygens (including phenoxy) is 2. The van der Waals surface area contributed by atoms with Gasteiger partial charge in [-0.1, -0.05) is 173 Å². The van der Waals surface area contributed by atoms with Crippen molar-refractivity contribution in [1.29, 1.82) is 0 Å². The van der Waals surface area contributed by atoms with Gasteiger partial charge in [0.15, 0.2) is 0 Å². The molecule has 4 aromatic heterocycles. The molecule has 4 heterocycles. The van der Waals surface area contributed by atoms with E-state index >= 15 is 0 Å². The molecule has 0 spiro atoms. The van der Waals surface area contributed by atoms with Gasteiger partial charge in [0.2, 0.25) is 11.8 Å². The molecule has 0 aliphatic rings. The Morgan fingerprint density at radius 1 is 0.433 bits per heavy atom. The number of para-hydroxylation sites is 2. The highest BCUT2D eigenvalue weighted by Gasteiger charge is 2.25. The highest BCUT2D eigenvalue weighted by atomic mass is 35.5. The number of nitrogens with two attached hydrogens (primary N) is 1. The minimum Gasteiger partial charge on any atom is -0.439 e. The van der Waals surface area contributed by atoms with Crippen LogP contribution in [-0.2, 0) is 23.9 Å². The zero-order valence-electron chi connectivity index (χ0n) is 54.5. The lowest BCUT2D eigenvalue weighted by molar-refractivity contribution is 0.462. The smallest absolute Gasteiger partial charge is 0.219 e. The van der Waals surface area contributed by atoms with Gasteiger partial charge in [-0.25, -0.2) is 19.9 Å². The summed E-state index contributed by atoms with van der Waals surface area (Å²) in [6, 6.07) is 89.2. The SMILES string of the molecule is CC(C)(C)c1cc(Cl)c(Cl)c(N(Cc2ccccc2)c2ccc(-c3nc4ccccc4s3)cc2)c1.CC(C)(C)c1cc(Nc2ccc(-c3nc4ccccc4s3)cc2)c(Cl)c(N(Cc2ccccc2)c2ccc(Oc3ccccn3)cc2)c1.Nc1ccc(Oc2ccccn2)cc1. The first-order chi connectivity index (χ1) is 46.9. The Balaban J connectivity index is 0.000000159. The van der Waals surface area contributed by atoms with Gasteiger partial charge in [-0.3, -0.25) is 0 Å². The van der Waals surface area contributed by atoms with Crippen molar-refractivity contribution in [3.05, 3.63) is 317 Å². The number of hydrogen-bond donors (Lipinski definition) is 2. The molecule has 14 aromatic rings. The zero-order chi connectivity index (χ0) is 67.5. The average molecular weight is 1370 g/mol. The zero-order valence-corrected chi connectivity index (χ0v) is 58.4. The molecule has 10 nitrogen and oxygen atoms in total. The topological polar surface area (TPSA) is 115 Å². The van der Waals surface area contributed by atoms with Crippen LogP contribution in [-0.4, -0.2) is 19.9 Å². The monoisotopic (exact) mass is 1370 g/mol. The number of nitrogens with one attached hydrogen (secondary N) is 1. The number of halogens is 3. The van der Waals surface area contributed by atoms with Crippen LogP contribution in [0.2, 0.25) is 15.1 Å². The number of benzene rings is 10. The van der Waals surface area contributed by atoms with E-state index in [0.29, 0.717) is 45.7 Å². The van der Waals surface area contributed by atoms with Crippen molar-refractivity contribution in [2.45, 2.75) is 65.5 Å². The lowest BCUT2D eigenvalue weighted by atomic mass is 9.86. The molecule has 97 heavy (non-hydrogen) atoms. The first kappa shape index (κ1) is 67.0. The molecule has 0 radical (unpaired) electrons. The second kappa shape index (κ2) is 30.4. The van der Waals surface area contributed by atoms with E-state index in [9.17, 15) is 0 Å². The Bertz CT molecular complexity index is 4830. The number of fused-ring (bicyclic) bond motifs is 2. The molecule has 3 N–H and O–H groups in total. The van der Waals surface area contributed by atoms with Crippen molar-refractivity contribution < 1.29 is 9.47 Å². The van der Waals surface area contributed by atoms with E-state index in [2.05, 4.69) is 230 Å². The minimum atomic E-state index is -0.120. The van der Waals surface area contributed by atoms with Crippen molar-refractivity contribution in [2.24, 2.45) is 0 Å². The molecule has 0 atom stereocenters. The predicted octanol–water partition coefficient (Wildman–Crippen LogP) is 24.5. The van der Waals surface area contributed by atoms with Crippen molar-refractivity contribution >= 4 is 118 Å². The highest BCUT2D eigenvalue weighted by molar-refractivity contribution is 7.22. The van der Waals surface area contributed by atoms with Crippen molar-refractivity contribution in [2.75, 3.05) is 20.9 Å². The maximum atomic E-state index is 7.36. The molecule has 0 amide bonds. The van der Waals surface area contributed by atoms with Gasteiger partial charge in [0.25, 0.3) is 0 Å². The van der Waals surface area contributed by atoms with Gasteiger partial charge in [-0.2, -0.15) is 0 Å². The largest absolute Gasteiger partial charge is 0.439 e. The van der Waals surface area contributed by atoms with Crippen LogP contribution in [0.15, 0.2) is 279 Å². The van der Waals surface area contributed by atoms with E-state index in [-0.39, 0.29) is 10.8 Å². The predicted molar refractivity (Wildman–Crippen MR) is 409 cm³/mol. The molecule has 15 heteroatoms. The van der Waals surface area contributed by atoms with Crippen molar-refractivity contribution in [1.82, 2.24) is 19.9 Å². The lowest BCUT2D eigenvalue weighted by Gasteiger charge is -2.30. The third-order valence-electron chi connectivity index (χ3n) is 15.9. The van der Waals surface area contributed by atoms with Gasteiger partial charge in [-0.15, -0.1) is 22.7 Å².